The number of Topliss-reactive ketones (excluding diaryl/α,β-unsaturated/α-hetero) is 1. The number of hydrogen-bond acceptors (Lipinski definition) is 20. The molecule has 4 rings (SSSR count). The molecule has 0 saturated carbocycles. The lowest BCUT2D eigenvalue weighted by Crippen LogP contribution is -2.46. The molecule has 338 valence electrons. The number of rotatable bonds is 23. The van der Waals surface area contributed by atoms with Crippen LogP contribution in [0.1, 0.15) is 52.2 Å². The van der Waals surface area contributed by atoms with E-state index >= 15 is 0 Å². The molecule has 10 N–H and O–H groups in total. The Balaban J connectivity index is 1.18. The molecule has 0 radical (unpaired) electrons. The number of nitrogens with one attached hydrogen (secondary N) is 2. The number of thioether (sulfide) groups is 1. The van der Waals surface area contributed by atoms with Gasteiger partial charge in [0.1, 0.15) is 42.0 Å². The van der Waals surface area contributed by atoms with Crippen molar-refractivity contribution in [1.29, 1.82) is 0 Å². The summed E-state index contributed by atoms with van der Waals surface area (Å²) in [6, 6.07) is 0.151. The number of ether oxygens (including phenoxy) is 1. The Morgan fingerprint density at radius 3 is 2.43 bits per heavy atom. The van der Waals surface area contributed by atoms with Crippen molar-refractivity contribution in [3.8, 4) is 0 Å². The fraction of sp³-hybridized carbons (Fsp3) is 0.700. The van der Waals surface area contributed by atoms with E-state index in [1.54, 1.807) is 0 Å². The van der Waals surface area contributed by atoms with E-state index in [1.165, 1.54) is 13.8 Å². The quantitative estimate of drug-likeness (QED) is 0.0371. The Labute approximate surface area is 346 Å². The molecule has 0 aromatic carbocycles. The highest BCUT2D eigenvalue weighted by atomic mass is 32.2. The minimum atomic E-state index is -5.59. The van der Waals surface area contributed by atoms with E-state index in [0.29, 0.717) is 6.42 Å². The lowest BCUT2D eigenvalue weighted by atomic mass is 9.87. The molecule has 2 aromatic rings. The highest BCUT2D eigenvalue weighted by molar-refractivity contribution is 8.13. The van der Waals surface area contributed by atoms with Crippen molar-refractivity contribution in [2.75, 3.05) is 51.4 Å². The zero-order valence-electron chi connectivity index (χ0n) is 32.5. The number of imidazole rings is 1. The summed E-state index contributed by atoms with van der Waals surface area (Å²) < 4.78 is 62.2. The number of nitrogens with two attached hydrogens (primary N) is 1. The van der Waals surface area contributed by atoms with Crippen LogP contribution < -0.4 is 16.4 Å². The van der Waals surface area contributed by atoms with Crippen molar-refractivity contribution in [3.05, 3.63) is 12.7 Å². The predicted octanol–water partition coefficient (Wildman–Crippen LogP) is -0.892. The molecule has 2 fully saturated rings. The van der Waals surface area contributed by atoms with Gasteiger partial charge in [0.15, 0.2) is 22.8 Å². The van der Waals surface area contributed by atoms with E-state index in [4.69, 9.17) is 19.5 Å². The van der Waals surface area contributed by atoms with Gasteiger partial charge in [0.25, 0.3) is 0 Å². The van der Waals surface area contributed by atoms with Gasteiger partial charge in [-0.3, -0.25) is 37.3 Å². The maximum absolute atomic E-state index is 12.7. The number of amides is 2. The number of phosphoric ester groups is 3. The van der Waals surface area contributed by atoms with E-state index in [2.05, 4.69) is 39.3 Å². The Morgan fingerprint density at radius 1 is 1.07 bits per heavy atom. The van der Waals surface area contributed by atoms with Crippen LogP contribution in [0.25, 0.3) is 11.2 Å². The first-order chi connectivity index (χ1) is 27.9. The van der Waals surface area contributed by atoms with Crippen LogP contribution in [0.15, 0.2) is 12.7 Å². The smallest absolute Gasteiger partial charge is 0.386 e. The summed E-state index contributed by atoms with van der Waals surface area (Å²) >= 11 is 0.923. The molecule has 2 aliphatic rings. The molecule has 0 aliphatic carbocycles. The normalized spacial score (nSPS) is 23.9. The summed E-state index contributed by atoms with van der Waals surface area (Å²) in [5.74, 6) is -1.44. The molecule has 3 unspecified atom stereocenters. The van der Waals surface area contributed by atoms with E-state index in [1.807, 2.05) is 7.05 Å². The summed E-state index contributed by atoms with van der Waals surface area (Å²) in [5.41, 5.74) is 4.23. The first-order valence-electron chi connectivity index (χ1n) is 18.1. The fourth-order valence-corrected chi connectivity index (χ4v) is 9.60. The fourth-order valence-electron chi connectivity index (χ4n) is 6.08. The third-order valence-electron chi connectivity index (χ3n) is 9.24. The van der Waals surface area contributed by atoms with Gasteiger partial charge in [0.2, 0.25) is 11.8 Å². The van der Waals surface area contributed by atoms with Gasteiger partial charge in [0.05, 0.1) is 26.0 Å². The number of ketones is 1. The van der Waals surface area contributed by atoms with Crippen LogP contribution in [0.4, 0.5) is 5.82 Å². The van der Waals surface area contributed by atoms with Crippen LogP contribution in [0.3, 0.4) is 0 Å². The van der Waals surface area contributed by atoms with Crippen molar-refractivity contribution in [2.45, 2.75) is 82.6 Å². The van der Waals surface area contributed by atoms with E-state index < -0.39 is 84.6 Å². The number of phosphoric acid groups is 3. The van der Waals surface area contributed by atoms with Crippen molar-refractivity contribution in [1.82, 2.24) is 35.1 Å². The highest BCUT2D eigenvalue weighted by Crippen LogP contribution is 2.61. The average Bonchev–Trinajstić information content (AvgIpc) is 3.84. The molecule has 2 aromatic heterocycles. The van der Waals surface area contributed by atoms with Crippen LogP contribution in [0.2, 0.25) is 0 Å². The van der Waals surface area contributed by atoms with Crippen LogP contribution in [0, 0.1) is 5.41 Å². The summed E-state index contributed by atoms with van der Waals surface area (Å²) in [4.78, 5) is 102. The van der Waals surface area contributed by atoms with Gasteiger partial charge in [-0.05, 0) is 26.4 Å². The molecular formula is C30H49N8O18P3S. The second-order valence-electron chi connectivity index (χ2n) is 14.5. The molecule has 60 heavy (non-hydrogen) atoms. The summed E-state index contributed by atoms with van der Waals surface area (Å²) in [6.45, 7) is 1.24. The summed E-state index contributed by atoms with van der Waals surface area (Å²) in [7, 11) is -14.5. The second-order valence-corrected chi connectivity index (χ2v) is 19.9. The molecule has 2 saturated heterocycles. The molecule has 0 spiro atoms. The second kappa shape index (κ2) is 21.0. The average molecular weight is 935 g/mol. The third kappa shape index (κ3) is 14.6. The van der Waals surface area contributed by atoms with E-state index in [-0.39, 0.29) is 65.6 Å². The monoisotopic (exact) mass is 934 g/mol. The largest absolute Gasteiger partial charge is 0.481 e. The zero-order valence-corrected chi connectivity index (χ0v) is 36.0. The first kappa shape index (κ1) is 49.8. The maximum Gasteiger partial charge on any atom is 0.481 e. The molecule has 2 aliphatic heterocycles. The topological polar surface area (TPSA) is 384 Å². The summed E-state index contributed by atoms with van der Waals surface area (Å²) in [5, 5.41) is 26.1. The molecule has 2 amide bonds. The molecule has 26 nitrogen and oxygen atoms in total. The van der Waals surface area contributed by atoms with Crippen molar-refractivity contribution in [3.63, 3.8) is 0 Å². The first-order valence-corrected chi connectivity index (χ1v) is 23.7. The number of anilines is 1. The van der Waals surface area contributed by atoms with Gasteiger partial charge in [-0.15, -0.1) is 0 Å². The lowest BCUT2D eigenvalue weighted by molar-refractivity contribution is -0.137. The molecular weight excluding hydrogens is 885 g/mol. The van der Waals surface area contributed by atoms with E-state index in [9.17, 15) is 62.7 Å². The Hall–Kier alpha value is -2.81. The SMILES string of the molecule is CN1CCCC1CC(=O)CC(=O)SCCNC(=O)CCNC(=O)[C@H](O)C(C)(C)COP(=O)(O)OP(=O)(O)OC[C@H]1O[C@@H](n2cnc3c(N)ncnc32)[C@H](O)[C@@H]1OP(=O)(O)O. The standard InChI is InChI=1S/C30H49N8O18P3S/c1-30(2,25(43)28(44)33-7-6-20(40)32-8-10-60-21(41)12-18(39)11-17-5-4-9-37(17)3)14-53-59(50,51)56-58(48,49)52-13-19-24(55-57(45,46)47)23(42)29(54-19)38-16-36-22-26(31)34-15-35-27(22)38/h15-17,19,23-25,29,42-43H,4-14H2,1-3H3,(H,32,40)(H,33,44)(H,48,49)(H,50,51)(H2,31,34,35)(H2,45,46,47)/t17?,19-,23-,24-,25+,29-/m1/s1. The van der Waals surface area contributed by atoms with Crippen molar-refractivity contribution in [2.24, 2.45) is 5.41 Å². The number of fused-ring (bicyclic) bond motifs is 1. The van der Waals surface area contributed by atoms with Crippen LogP contribution in [-0.4, -0.2) is 153 Å². The molecule has 30 heteroatoms. The number of aliphatic hydroxyl groups is 2. The number of aromatic nitrogens is 4. The number of nitrogen functional groups attached to an aromatic ring is 1. The Bertz CT molecular complexity index is 2010. The van der Waals surface area contributed by atoms with Gasteiger partial charge >= 0.3 is 23.5 Å². The minimum Gasteiger partial charge on any atom is -0.386 e. The van der Waals surface area contributed by atoms with Gasteiger partial charge in [0, 0.05) is 43.1 Å². The van der Waals surface area contributed by atoms with Crippen LogP contribution in [0.5, 0.6) is 0 Å². The molecule has 8 atom stereocenters. The minimum absolute atomic E-state index is 0.0249. The van der Waals surface area contributed by atoms with Gasteiger partial charge in [-0.2, -0.15) is 4.31 Å². The number of aliphatic hydroxyl groups excluding tert-OH is 2. The predicted molar refractivity (Wildman–Crippen MR) is 207 cm³/mol. The number of likely N-dealkylation sites (tertiary alicyclic amines) is 1. The van der Waals surface area contributed by atoms with Crippen LogP contribution in [-0.2, 0) is 55.5 Å². The number of carbonyl (C=O) groups is 4. The molecule has 4 heterocycles. The summed E-state index contributed by atoms with van der Waals surface area (Å²) in [6.07, 6.45) is -4.96. The Kier molecular flexibility index (Phi) is 17.5. The third-order valence-corrected chi connectivity index (χ3v) is 13.2. The number of hydrogen-bond donors (Lipinski definition) is 9. The van der Waals surface area contributed by atoms with Crippen LogP contribution >= 0.6 is 35.2 Å². The van der Waals surface area contributed by atoms with Crippen molar-refractivity contribution >= 4 is 74.9 Å². The van der Waals surface area contributed by atoms with Gasteiger partial charge < -0.3 is 55.8 Å². The Morgan fingerprint density at radius 2 is 1.77 bits per heavy atom. The number of nitrogens with zero attached hydrogens (tertiary/aromatic N) is 5. The maximum atomic E-state index is 12.7. The lowest BCUT2D eigenvalue weighted by Gasteiger charge is -2.30. The van der Waals surface area contributed by atoms with Crippen molar-refractivity contribution < 1.29 is 85.3 Å². The van der Waals surface area contributed by atoms with E-state index in [0.717, 1.165) is 48.4 Å². The van der Waals surface area contributed by atoms with Gasteiger partial charge in [-0.25, -0.2) is 28.6 Å². The van der Waals surface area contributed by atoms with Gasteiger partial charge in [-0.1, -0.05) is 25.6 Å². The molecule has 0 bridgehead atoms. The zero-order chi connectivity index (χ0) is 44.6. The highest BCUT2D eigenvalue weighted by Gasteiger charge is 2.50. The number of carbonyl (C=O) groups excluding carboxylic acids is 4.